The fourth-order valence-corrected chi connectivity index (χ4v) is 1.61. The summed E-state index contributed by atoms with van der Waals surface area (Å²) in [5, 5.41) is 0. The van der Waals surface area contributed by atoms with Crippen molar-refractivity contribution in [3.8, 4) is 11.3 Å². The van der Waals surface area contributed by atoms with Gasteiger partial charge in [0.15, 0.2) is 0 Å². The number of carbonyl (C=O) groups is 1. The molecule has 0 unspecified atom stereocenters. The molecular formula is C14H10F3NO2. The van der Waals surface area contributed by atoms with Gasteiger partial charge in [0.1, 0.15) is 11.5 Å². The molecular weight excluding hydrogens is 271 g/mol. The van der Waals surface area contributed by atoms with Crippen molar-refractivity contribution in [2.45, 2.75) is 6.18 Å². The van der Waals surface area contributed by atoms with Crippen LogP contribution in [0.5, 0.6) is 0 Å². The first-order valence-electron chi connectivity index (χ1n) is 5.61. The third kappa shape index (κ3) is 3.28. The lowest BCUT2D eigenvalue weighted by atomic mass is 10.1. The highest BCUT2D eigenvalue weighted by atomic mass is 19.4. The van der Waals surface area contributed by atoms with Crippen molar-refractivity contribution in [1.29, 1.82) is 0 Å². The van der Waals surface area contributed by atoms with Gasteiger partial charge in [0, 0.05) is 11.6 Å². The summed E-state index contributed by atoms with van der Waals surface area (Å²) < 4.78 is 43.1. The van der Waals surface area contributed by atoms with E-state index < -0.39 is 17.6 Å². The van der Waals surface area contributed by atoms with Gasteiger partial charge in [-0.2, -0.15) is 13.2 Å². The summed E-state index contributed by atoms with van der Waals surface area (Å²) in [5.41, 5.74) is 4.49. The van der Waals surface area contributed by atoms with Crippen molar-refractivity contribution in [1.82, 2.24) is 0 Å². The molecule has 1 aromatic carbocycles. The Labute approximate surface area is 112 Å². The Balaban J connectivity index is 2.31. The van der Waals surface area contributed by atoms with Crippen molar-refractivity contribution in [3.63, 3.8) is 0 Å². The van der Waals surface area contributed by atoms with Gasteiger partial charge in [-0.05, 0) is 30.3 Å². The SMILES string of the molecule is NC(=O)/C=C/c1ccc(-c2cccc(C(F)(F)F)c2)o1. The zero-order valence-electron chi connectivity index (χ0n) is 10.1. The first-order chi connectivity index (χ1) is 9.36. The molecule has 0 aliphatic heterocycles. The molecule has 3 nitrogen and oxygen atoms in total. The molecule has 0 spiro atoms. The second-order valence-electron chi connectivity index (χ2n) is 4.02. The number of nitrogens with two attached hydrogens (primary N) is 1. The van der Waals surface area contributed by atoms with Crippen LogP contribution in [0.3, 0.4) is 0 Å². The highest BCUT2D eigenvalue weighted by Gasteiger charge is 2.30. The molecule has 0 saturated heterocycles. The molecule has 0 saturated carbocycles. The average molecular weight is 281 g/mol. The van der Waals surface area contributed by atoms with Crippen LogP contribution in [-0.2, 0) is 11.0 Å². The topological polar surface area (TPSA) is 56.2 Å². The Morgan fingerprint density at radius 1 is 1.20 bits per heavy atom. The van der Waals surface area contributed by atoms with Crippen molar-refractivity contribution in [2.75, 3.05) is 0 Å². The van der Waals surface area contributed by atoms with Crippen molar-refractivity contribution < 1.29 is 22.4 Å². The largest absolute Gasteiger partial charge is 0.457 e. The summed E-state index contributed by atoms with van der Waals surface area (Å²) in [6, 6.07) is 7.86. The number of rotatable bonds is 3. The van der Waals surface area contributed by atoms with E-state index in [2.05, 4.69) is 0 Å². The van der Waals surface area contributed by atoms with Gasteiger partial charge < -0.3 is 10.2 Å². The molecule has 2 aromatic rings. The minimum absolute atomic E-state index is 0.278. The van der Waals surface area contributed by atoms with E-state index in [1.807, 2.05) is 0 Å². The summed E-state index contributed by atoms with van der Waals surface area (Å²) in [6.07, 6.45) is -1.95. The number of hydrogen-bond donors (Lipinski definition) is 1. The molecule has 0 atom stereocenters. The van der Waals surface area contributed by atoms with Gasteiger partial charge in [-0.25, -0.2) is 0 Å². The molecule has 0 aliphatic rings. The maximum absolute atomic E-state index is 12.6. The quantitative estimate of drug-likeness (QED) is 0.876. The van der Waals surface area contributed by atoms with Gasteiger partial charge in [0.05, 0.1) is 5.56 Å². The maximum atomic E-state index is 12.6. The lowest BCUT2D eigenvalue weighted by Gasteiger charge is -2.07. The van der Waals surface area contributed by atoms with E-state index in [9.17, 15) is 18.0 Å². The Morgan fingerprint density at radius 2 is 1.95 bits per heavy atom. The second kappa shape index (κ2) is 5.24. The lowest BCUT2D eigenvalue weighted by molar-refractivity contribution is -0.137. The Kier molecular flexibility index (Phi) is 3.65. The van der Waals surface area contributed by atoms with E-state index in [1.165, 1.54) is 30.3 Å². The van der Waals surface area contributed by atoms with Crippen LogP contribution in [0.2, 0.25) is 0 Å². The van der Waals surface area contributed by atoms with Crippen LogP contribution in [0.25, 0.3) is 17.4 Å². The van der Waals surface area contributed by atoms with E-state index in [4.69, 9.17) is 10.2 Å². The Morgan fingerprint density at radius 3 is 2.60 bits per heavy atom. The Bertz CT molecular complexity index is 656. The summed E-state index contributed by atoms with van der Waals surface area (Å²) in [5.74, 6) is -0.0292. The summed E-state index contributed by atoms with van der Waals surface area (Å²) >= 11 is 0. The van der Waals surface area contributed by atoms with E-state index >= 15 is 0 Å². The molecule has 104 valence electrons. The molecule has 0 bridgehead atoms. The van der Waals surface area contributed by atoms with E-state index in [-0.39, 0.29) is 5.76 Å². The third-order valence-electron chi connectivity index (χ3n) is 2.51. The number of carbonyl (C=O) groups excluding carboxylic acids is 1. The van der Waals surface area contributed by atoms with Gasteiger partial charge in [-0.15, -0.1) is 0 Å². The molecule has 0 fully saturated rings. The molecule has 1 amide bonds. The number of furan rings is 1. The van der Waals surface area contributed by atoms with Gasteiger partial charge in [0.25, 0.3) is 0 Å². The summed E-state index contributed by atoms with van der Waals surface area (Å²) in [6.45, 7) is 0. The van der Waals surface area contributed by atoms with E-state index in [1.54, 1.807) is 0 Å². The fourth-order valence-electron chi connectivity index (χ4n) is 1.61. The highest BCUT2D eigenvalue weighted by molar-refractivity contribution is 5.89. The smallest absolute Gasteiger partial charge is 0.416 e. The number of halogens is 3. The van der Waals surface area contributed by atoms with Crippen LogP contribution in [0.4, 0.5) is 13.2 Å². The van der Waals surface area contributed by atoms with E-state index in [0.717, 1.165) is 18.2 Å². The van der Waals surface area contributed by atoms with Crippen LogP contribution < -0.4 is 5.73 Å². The van der Waals surface area contributed by atoms with Crippen molar-refractivity contribution in [3.05, 3.63) is 53.8 Å². The van der Waals surface area contributed by atoms with Crippen LogP contribution in [-0.4, -0.2) is 5.91 Å². The molecule has 6 heteroatoms. The zero-order chi connectivity index (χ0) is 14.8. The van der Waals surface area contributed by atoms with Gasteiger partial charge in [-0.3, -0.25) is 4.79 Å². The van der Waals surface area contributed by atoms with Crippen LogP contribution in [0.15, 0.2) is 46.9 Å². The number of primary amides is 1. The number of amides is 1. The van der Waals surface area contributed by atoms with Gasteiger partial charge in [0.2, 0.25) is 5.91 Å². The lowest BCUT2D eigenvalue weighted by Crippen LogP contribution is -2.04. The molecule has 20 heavy (non-hydrogen) atoms. The first-order valence-corrected chi connectivity index (χ1v) is 5.61. The second-order valence-corrected chi connectivity index (χ2v) is 4.02. The fraction of sp³-hybridized carbons (Fsp3) is 0.0714. The highest BCUT2D eigenvalue weighted by Crippen LogP contribution is 2.32. The zero-order valence-corrected chi connectivity index (χ0v) is 10.1. The molecule has 1 aromatic heterocycles. The number of benzene rings is 1. The molecule has 1 heterocycles. The van der Waals surface area contributed by atoms with Crippen LogP contribution >= 0.6 is 0 Å². The predicted molar refractivity (Wildman–Crippen MR) is 67.4 cm³/mol. The monoisotopic (exact) mass is 281 g/mol. The predicted octanol–water partition coefficient (Wildman–Crippen LogP) is 3.46. The van der Waals surface area contributed by atoms with E-state index in [0.29, 0.717) is 11.3 Å². The minimum atomic E-state index is -4.41. The van der Waals surface area contributed by atoms with Crippen LogP contribution in [0.1, 0.15) is 11.3 Å². The third-order valence-corrected chi connectivity index (χ3v) is 2.51. The molecule has 2 rings (SSSR count). The minimum Gasteiger partial charge on any atom is -0.457 e. The summed E-state index contributed by atoms with van der Waals surface area (Å²) in [7, 11) is 0. The van der Waals surface area contributed by atoms with Crippen molar-refractivity contribution >= 4 is 12.0 Å². The van der Waals surface area contributed by atoms with Crippen LogP contribution in [0, 0.1) is 0 Å². The molecule has 0 aliphatic carbocycles. The van der Waals surface area contributed by atoms with Gasteiger partial charge in [-0.1, -0.05) is 12.1 Å². The summed E-state index contributed by atoms with van der Waals surface area (Å²) in [4.78, 5) is 10.6. The van der Waals surface area contributed by atoms with Gasteiger partial charge >= 0.3 is 6.18 Å². The number of alkyl halides is 3. The Hall–Kier alpha value is -2.50. The maximum Gasteiger partial charge on any atom is 0.416 e. The van der Waals surface area contributed by atoms with Crippen molar-refractivity contribution in [2.24, 2.45) is 5.73 Å². The average Bonchev–Trinajstić information content (AvgIpc) is 2.84. The number of hydrogen-bond acceptors (Lipinski definition) is 2. The first kappa shape index (κ1) is 13.9. The molecule has 2 N–H and O–H groups in total. The standard InChI is InChI=1S/C14H10F3NO2/c15-14(16,17)10-3-1-2-9(8-10)12-6-4-11(20-12)5-7-13(18)19/h1-8H,(H2,18,19)/b7-5+. The molecule has 0 radical (unpaired) electrons. The normalized spacial score (nSPS) is 11.9.